The van der Waals surface area contributed by atoms with E-state index in [9.17, 15) is 9.90 Å². The van der Waals surface area contributed by atoms with E-state index in [2.05, 4.69) is 15.3 Å². The molecule has 1 aliphatic carbocycles. The minimum atomic E-state index is -0.246. The molecule has 5 heteroatoms. The molecule has 0 aromatic carbocycles. The summed E-state index contributed by atoms with van der Waals surface area (Å²) < 4.78 is 0. The van der Waals surface area contributed by atoms with Crippen molar-refractivity contribution in [3.8, 4) is 0 Å². The Morgan fingerprint density at radius 3 is 2.79 bits per heavy atom. The molecule has 3 N–H and O–H groups in total. The van der Waals surface area contributed by atoms with Gasteiger partial charge in [0.1, 0.15) is 5.69 Å². The highest BCUT2D eigenvalue weighted by atomic mass is 16.3. The standard InChI is InChI=1S/C19H25N3O2/c23-13-17(5-4-14-6-8-20-9-7-14)22-19(24)18-11-16(12-21-18)10-15-2-1-3-15/h6-9,11-12,15,17,21,23H,1-5,10,13H2,(H,22,24). The van der Waals surface area contributed by atoms with Crippen molar-refractivity contribution in [1.82, 2.24) is 15.3 Å². The Morgan fingerprint density at radius 1 is 1.33 bits per heavy atom. The number of H-pyrrole nitrogens is 1. The molecule has 24 heavy (non-hydrogen) atoms. The third-order valence-corrected chi connectivity index (χ3v) is 4.82. The van der Waals surface area contributed by atoms with Crippen molar-refractivity contribution in [3.63, 3.8) is 0 Å². The molecule has 2 aromatic heterocycles. The summed E-state index contributed by atoms with van der Waals surface area (Å²) in [4.78, 5) is 19.4. The van der Waals surface area contributed by atoms with Gasteiger partial charge in [-0.1, -0.05) is 19.3 Å². The molecule has 1 atom stereocenters. The lowest BCUT2D eigenvalue weighted by Gasteiger charge is -2.24. The number of aromatic amines is 1. The van der Waals surface area contributed by atoms with Gasteiger partial charge in [-0.25, -0.2) is 0 Å². The molecule has 2 heterocycles. The van der Waals surface area contributed by atoms with Crippen LogP contribution in [0.15, 0.2) is 36.8 Å². The maximum atomic E-state index is 12.3. The van der Waals surface area contributed by atoms with E-state index in [1.807, 2.05) is 24.4 Å². The molecule has 0 aliphatic heterocycles. The second-order valence-electron chi connectivity index (χ2n) is 6.67. The van der Waals surface area contributed by atoms with Gasteiger partial charge in [0, 0.05) is 18.6 Å². The minimum Gasteiger partial charge on any atom is -0.394 e. The summed E-state index contributed by atoms with van der Waals surface area (Å²) in [6.07, 6.45) is 11.9. The van der Waals surface area contributed by atoms with Gasteiger partial charge in [-0.15, -0.1) is 0 Å². The van der Waals surface area contributed by atoms with Gasteiger partial charge in [-0.3, -0.25) is 9.78 Å². The van der Waals surface area contributed by atoms with Gasteiger partial charge in [0.15, 0.2) is 0 Å². The summed E-state index contributed by atoms with van der Waals surface area (Å²) in [5.74, 6) is 0.630. The van der Waals surface area contributed by atoms with E-state index in [1.165, 1.54) is 24.8 Å². The van der Waals surface area contributed by atoms with Gasteiger partial charge < -0.3 is 15.4 Å². The molecule has 3 rings (SSSR count). The molecule has 1 unspecified atom stereocenters. The van der Waals surface area contributed by atoms with Crippen LogP contribution in [0.1, 0.15) is 47.3 Å². The van der Waals surface area contributed by atoms with Crippen LogP contribution in [0, 0.1) is 5.92 Å². The summed E-state index contributed by atoms with van der Waals surface area (Å²) >= 11 is 0. The number of hydrogen-bond donors (Lipinski definition) is 3. The number of pyridine rings is 1. The molecule has 0 bridgehead atoms. The van der Waals surface area contributed by atoms with Gasteiger partial charge in [-0.2, -0.15) is 0 Å². The van der Waals surface area contributed by atoms with E-state index in [4.69, 9.17) is 0 Å². The van der Waals surface area contributed by atoms with Gasteiger partial charge in [0.05, 0.1) is 12.6 Å². The fourth-order valence-corrected chi connectivity index (χ4v) is 3.08. The zero-order valence-corrected chi connectivity index (χ0v) is 13.9. The van der Waals surface area contributed by atoms with E-state index >= 15 is 0 Å². The number of aryl methyl sites for hydroxylation is 1. The zero-order valence-electron chi connectivity index (χ0n) is 13.9. The number of amides is 1. The molecule has 5 nitrogen and oxygen atoms in total. The molecule has 128 valence electrons. The molecule has 1 amide bonds. The molecular formula is C19H25N3O2. The number of carbonyl (C=O) groups is 1. The molecule has 0 spiro atoms. The van der Waals surface area contributed by atoms with Crippen LogP contribution in [-0.2, 0) is 12.8 Å². The van der Waals surface area contributed by atoms with E-state index in [-0.39, 0.29) is 18.6 Å². The van der Waals surface area contributed by atoms with E-state index < -0.39 is 0 Å². The smallest absolute Gasteiger partial charge is 0.267 e. The third-order valence-electron chi connectivity index (χ3n) is 4.82. The SMILES string of the molecule is O=C(NC(CO)CCc1ccncc1)c1cc(CC2CCC2)c[nH]1. The van der Waals surface area contributed by atoms with Crippen molar-refractivity contribution >= 4 is 5.91 Å². The number of aliphatic hydroxyl groups is 1. The van der Waals surface area contributed by atoms with Crippen LogP contribution in [0.4, 0.5) is 0 Å². The maximum Gasteiger partial charge on any atom is 0.267 e. The highest BCUT2D eigenvalue weighted by Crippen LogP contribution is 2.29. The Labute approximate surface area is 142 Å². The lowest BCUT2D eigenvalue weighted by atomic mass is 9.81. The van der Waals surface area contributed by atoms with Gasteiger partial charge in [0.2, 0.25) is 0 Å². The summed E-state index contributed by atoms with van der Waals surface area (Å²) in [7, 11) is 0. The van der Waals surface area contributed by atoms with Crippen molar-refractivity contribution in [2.45, 2.75) is 44.6 Å². The third kappa shape index (κ3) is 4.45. The Balaban J connectivity index is 1.50. The Hall–Kier alpha value is -2.14. The number of hydrogen-bond acceptors (Lipinski definition) is 3. The second-order valence-corrected chi connectivity index (χ2v) is 6.67. The van der Waals surface area contributed by atoms with Crippen molar-refractivity contribution < 1.29 is 9.90 Å². The normalized spacial score (nSPS) is 15.7. The summed E-state index contributed by atoms with van der Waals surface area (Å²) in [5, 5.41) is 12.4. The summed E-state index contributed by atoms with van der Waals surface area (Å²) in [6, 6.07) is 5.59. The van der Waals surface area contributed by atoms with Crippen LogP contribution in [0.3, 0.4) is 0 Å². The van der Waals surface area contributed by atoms with Crippen LogP contribution >= 0.6 is 0 Å². The minimum absolute atomic E-state index is 0.0630. The first-order chi connectivity index (χ1) is 11.7. The second kappa shape index (κ2) is 8.11. The zero-order chi connectivity index (χ0) is 16.8. The van der Waals surface area contributed by atoms with E-state index in [0.717, 1.165) is 24.3 Å². The lowest BCUT2D eigenvalue weighted by molar-refractivity contribution is 0.0909. The van der Waals surface area contributed by atoms with E-state index in [1.54, 1.807) is 12.4 Å². The Kier molecular flexibility index (Phi) is 5.64. The first kappa shape index (κ1) is 16.7. The van der Waals surface area contributed by atoms with Crippen molar-refractivity contribution in [2.24, 2.45) is 5.92 Å². The maximum absolute atomic E-state index is 12.3. The monoisotopic (exact) mass is 327 g/mol. The number of carbonyl (C=O) groups excluding carboxylic acids is 1. The molecule has 1 fully saturated rings. The first-order valence-corrected chi connectivity index (χ1v) is 8.72. The predicted molar refractivity (Wildman–Crippen MR) is 92.7 cm³/mol. The largest absolute Gasteiger partial charge is 0.394 e. The van der Waals surface area contributed by atoms with Crippen molar-refractivity contribution in [2.75, 3.05) is 6.61 Å². The quantitative estimate of drug-likeness (QED) is 0.697. The number of nitrogens with one attached hydrogen (secondary N) is 2. The fourth-order valence-electron chi connectivity index (χ4n) is 3.08. The Bertz CT molecular complexity index is 650. The number of rotatable bonds is 8. The average molecular weight is 327 g/mol. The van der Waals surface area contributed by atoms with Crippen LogP contribution in [0.5, 0.6) is 0 Å². The van der Waals surface area contributed by atoms with Crippen molar-refractivity contribution in [3.05, 3.63) is 53.6 Å². The molecule has 0 saturated heterocycles. The fraction of sp³-hybridized carbons (Fsp3) is 0.474. The van der Waals surface area contributed by atoms with Crippen LogP contribution in [-0.4, -0.2) is 33.6 Å². The number of aliphatic hydroxyl groups excluding tert-OH is 1. The number of nitrogens with zero attached hydrogens (tertiary/aromatic N) is 1. The van der Waals surface area contributed by atoms with Gasteiger partial charge in [-0.05, 0) is 54.5 Å². The Morgan fingerprint density at radius 2 is 2.12 bits per heavy atom. The lowest BCUT2D eigenvalue weighted by Crippen LogP contribution is -2.38. The molecule has 1 aliphatic rings. The summed E-state index contributed by atoms with van der Waals surface area (Å²) in [5.41, 5.74) is 2.93. The number of aromatic nitrogens is 2. The predicted octanol–water partition coefficient (Wildman–Crippen LogP) is 2.48. The highest BCUT2D eigenvalue weighted by molar-refractivity contribution is 5.92. The van der Waals surface area contributed by atoms with Crippen LogP contribution < -0.4 is 5.32 Å². The molecule has 1 saturated carbocycles. The molecule has 2 aromatic rings. The van der Waals surface area contributed by atoms with Crippen LogP contribution in [0.2, 0.25) is 0 Å². The van der Waals surface area contributed by atoms with Gasteiger partial charge >= 0.3 is 0 Å². The molecule has 0 radical (unpaired) electrons. The average Bonchev–Trinajstić information content (AvgIpc) is 3.04. The van der Waals surface area contributed by atoms with Crippen LogP contribution in [0.25, 0.3) is 0 Å². The summed E-state index contributed by atoms with van der Waals surface area (Å²) in [6.45, 7) is -0.0630. The first-order valence-electron chi connectivity index (χ1n) is 8.72. The van der Waals surface area contributed by atoms with Crippen molar-refractivity contribution in [1.29, 1.82) is 0 Å². The topological polar surface area (TPSA) is 78.0 Å². The highest BCUT2D eigenvalue weighted by Gasteiger charge is 2.19. The molecular weight excluding hydrogens is 302 g/mol. The van der Waals surface area contributed by atoms with E-state index in [0.29, 0.717) is 12.1 Å². The van der Waals surface area contributed by atoms with Gasteiger partial charge in [0.25, 0.3) is 5.91 Å².